The minimum absolute atomic E-state index is 0.0836. The molecule has 0 saturated carbocycles. The number of aryl methyl sites for hydroxylation is 1. The molecule has 1 unspecified atom stereocenters. The lowest BCUT2D eigenvalue weighted by Crippen LogP contribution is -2.27. The van der Waals surface area contributed by atoms with Crippen molar-refractivity contribution in [1.82, 2.24) is 0 Å². The molecule has 0 saturated heterocycles. The molecule has 0 radical (unpaired) electrons. The molecular formula is C18H18N2O5. The average Bonchev–Trinajstić information content (AvgIpc) is 2.56. The summed E-state index contributed by atoms with van der Waals surface area (Å²) in [5.74, 6) is -2.23. The molecule has 0 aliphatic rings. The largest absolute Gasteiger partial charge is 0.481 e. The van der Waals surface area contributed by atoms with Gasteiger partial charge in [-0.05, 0) is 31.0 Å². The van der Waals surface area contributed by atoms with E-state index in [1.807, 2.05) is 31.2 Å². The minimum atomic E-state index is -1.06. The molecule has 0 heterocycles. The summed E-state index contributed by atoms with van der Waals surface area (Å²) in [5, 5.41) is 22.3. The van der Waals surface area contributed by atoms with Gasteiger partial charge in [-0.2, -0.15) is 0 Å². The van der Waals surface area contributed by atoms with Crippen molar-refractivity contribution >= 4 is 23.3 Å². The first kappa shape index (κ1) is 18.1. The zero-order valence-corrected chi connectivity index (χ0v) is 13.6. The average molecular weight is 342 g/mol. The van der Waals surface area contributed by atoms with Crippen LogP contribution in [0.2, 0.25) is 0 Å². The second-order valence-corrected chi connectivity index (χ2v) is 5.78. The molecule has 130 valence electrons. The van der Waals surface area contributed by atoms with Gasteiger partial charge in [0.15, 0.2) is 0 Å². The molecule has 25 heavy (non-hydrogen) atoms. The van der Waals surface area contributed by atoms with Crippen molar-refractivity contribution in [2.45, 2.75) is 19.8 Å². The van der Waals surface area contributed by atoms with Crippen molar-refractivity contribution in [2.75, 3.05) is 5.32 Å². The van der Waals surface area contributed by atoms with E-state index in [-0.39, 0.29) is 12.1 Å². The number of carboxylic acid groups (broad SMARTS) is 1. The minimum Gasteiger partial charge on any atom is -0.481 e. The number of rotatable bonds is 7. The zero-order chi connectivity index (χ0) is 18.4. The SMILES string of the molecule is Cc1ccc(CC(CC(=O)O)C(=O)Nc2ccc([N+](=O)[O-])cc2)cc1. The summed E-state index contributed by atoms with van der Waals surface area (Å²) in [4.78, 5) is 33.6. The molecule has 2 rings (SSSR count). The number of nitrogens with zero attached hydrogens (tertiary/aromatic N) is 1. The van der Waals surface area contributed by atoms with Crippen LogP contribution in [-0.2, 0) is 16.0 Å². The number of nitrogens with one attached hydrogen (secondary N) is 1. The molecule has 1 atom stereocenters. The van der Waals surface area contributed by atoms with Crippen molar-refractivity contribution in [1.29, 1.82) is 0 Å². The molecule has 0 spiro atoms. The Bertz CT molecular complexity index is 769. The third-order valence-electron chi connectivity index (χ3n) is 3.74. The summed E-state index contributed by atoms with van der Waals surface area (Å²) in [6.07, 6.45) is -0.00190. The van der Waals surface area contributed by atoms with Gasteiger partial charge < -0.3 is 10.4 Å². The van der Waals surface area contributed by atoms with Crippen LogP contribution in [0, 0.1) is 23.0 Å². The highest BCUT2D eigenvalue weighted by atomic mass is 16.6. The number of aliphatic carboxylic acids is 1. The molecule has 1 amide bonds. The maximum Gasteiger partial charge on any atom is 0.304 e. The third kappa shape index (κ3) is 5.42. The van der Waals surface area contributed by atoms with Crippen LogP contribution in [-0.4, -0.2) is 21.9 Å². The number of nitro groups is 1. The fraction of sp³-hybridized carbons (Fsp3) is 0.222. The van der Waals surface area contributed by atoms with E-state index in [2.05, 4.69) is 5.32 Å². The fourth-order valence-corrected chi connectivity index (χ4v) is 2.39. The standard InChI is InChI=1S/C18H18N2O5/c1-12-2-4-13(5-3-12)10-14(11-17(21)22)18(23)19-15-6-8-16(9-7-15)20(24)25/h2-9,14H,10-11H2,1H3,(H,19,23)(H,21,22). The number of carbonyl (C=O) groups is 2. The first-order chi connectivity index (χ1) is 11.8. The summed E-state index contributed by atoms with van der Waals surface area (Å²) in [5.41, 5.74) is 2.25. The normalized spacial score (nSPS) is 11.6. The predicted octanol–water partition coefficient (Wildman–Crippen LogP) is 3.18. The van der Waals surface area contributed by atoms with Crippen molar-refractivity contribution in [3.05, 3.63) is 69.8 Å². The van der Waals surface area contributed by atoms with E-state index in [9.17, 15) is 19.7 Å². The van der Waals surface area contributed by atoms with Gasteiger partial charge in [-0.1, -0.05) is 29.8 Å². The Hall–Kier alpha value is -3.22. The van der Waals surface area contributed by atoms with Gasteiger partial charge in [0.2, 0.25) is 5.91 Å². The van der Waals surface area contributed by atoms with Crippen molar-refractivity contribution < 1.29 is 19.6 Å². The number of amides is 1. The summed E-state index contributed by atoms with van der Waals surface area (Å²) in [6, 6.07) is 12.9. The van der Waals surface area contributed by atoms with Gasteiger partial charge in [0.1, 0.15) is 0 Å². The molecular weight excluding hydrogens is 324 g/mol. The Morgan fingerprint density at radius 1 is 1.12 bits per heavy atom. The number of hydrogen-bond acceptors (Lipinski definition) is 4. The lowest BCUT2D eigenvalue weighted by molar-refractivity contribution is -0.384. The monoisotopic (exact) mass is 342 g/mol. The summed E-state index contributed by atoms with van der Waals surface area (Å²) >= 11 is 0. The van der Waals surface area contributed by atoms with Crippen molar-refractivity contribution in [2.24, 2.45) is 5.92 Å². The number of anilines is 1. The Labute approximate surface area is 144 Å². The van der Waals surface area contributed by atoms with Crippen LogP contribution in [0.1, 0.15) is 17.5 Å². The molecule has 2 N–H and O–H groups in total. The van der Waals surface area contributed by atoms with E-state index in [1.165, 1.54) is 24.3 Å². The summed E-state index contributed by atoms with van der Waals surface area (Å²) in [6.45, 7) is 1.94. The first-order valence-corrected chi connectivity index (χ1v) is 7.68. The molecule has 0 aliphatic carbocycles. The predicted molar refractivity (Wildman–Crippen MR) is 92.4 cm³/mol. The van der Waals surface area contributed by atoms with E-state index in [0.29, 0.717) is 12.1 Å². The van der Waals surface area contributed by atoms with Gasteiger partial charge in [-0.3, -0.25) is 19.7 Å². The number of benzene rings is 2. The van der Waals surface area contributed by atoms with Crippen LogP contribution in [0.25, 0.3) is 0 Å². The van der Waals surface area contributed by atoms with Crippen molar-refractivity contribution in [3.63, 3.8) is 0 Å². The summed E-state index contributed by atoms with van der Waals surface area (Å²) in [7, 11) is 0. The highest BCUT2D eigenvalue weighted by molar-refractivity contribution is 5.94. The van der Waals surface area contributed by atoms with Crippen LogP contribution >= 0.6 is 0 Å². The highest BCUT2D eigenvalue weighted by Crippen LogP contribution is 2.19. The van der Waals surface area contributed by atoms with E-state index < -0.39 is 22.7 Å². The maximum absolute atomic E-state index is 12.4. The Morgan fingerprint density at radius 3 is 2.24 bits per heavy atom. The topological polar surface area (TPSA) is 110 Å². The number of carboxylic acids is 1. The fourth-order valence-electron chi connectivity index (χ4n) is 2.39. The Morgan fingerprint density at radius 2 is 1.72 bits per heavy atom. The lowest BCUT2D eigenvalue weighted by Gasteiger charge is -2.15. The van der Waals surface area contributed by atoms with Gasteiger partial charge in [0, 0.05) is 17.8 Å². The van der Waals surface area contributed by atoms with Crippen LogP contribution in [0.3, 0.4) is 0 Å². The zero-order valence-electron chi connectivity index (χ0n) is 13.6. The van der Waals surface area contributed by atoms with Gasteiger partial charge in [-0.15, -0.1) is 0 Å². The molecule has 0 aliphatic heterocycles. The van der Waals surface area contributed by atoms with Crippen molar-refractivity contribution in [3.8, 4) is 0 Å². The van der Waals surface area contributed by atoms with Crippen LogP contribution in [0.4, 0.5) is 11.4 Å². The first-order valence-electron chi connectivity index (χ1n) is 7.68. The number of hydrogen-bond donors (Lipinski definition) is 2. The maximum atomic E-state index is 12.4. The summed E-state index contributed by atoms with van der Waals surface area (Å²) < 4.78 is 0. The number of carbonyl (C=O) groups excluding carboxylic acids is 1. The molecule has 2 aromatic rings. The second-order valence-electron chi connectivity index (χ2n) is 5.78. The second kappa shape index (κ2) is 8.05. The smallest absolute Gasteiger partial charge is 0.304 e. The molecule has 0 fully saturated rings. The molecule has 7 nitrogen and oxygen atoms in total. The van der Waals surface area contributed by atoms with Crippen LogP contribution in [0.15, 0.2) is 48.5 Å². The Balaban J connectivity index is 2.10. The van der Waals surface area contributed by atoms with E-state index >= 15 is 0 Å². The van der Waals surface area contributed by atoms with Crippen LogP contribution in [0.5, 0.6) is 0 Å². The Kier molecular flexibility index (Phi) is 5.84. The van der Waals surface area contributed by atoms with E-state index in [0.717, 1.165) is 11.1 Å². The molecule has 2 aromatic carbocycles. The van der Waals surface area contributed by atoms with E-state index in [1.54, 1.807) is 0 Å². The number of non-ortho nitro benzene ring substituents is 1. The van der Waals surface area contributed by atoms with Gasteiger partial charge in [0.05, 0.1) is 17.3 Å². The van der Waals surface area contributed by atoms with E-state index in [4.69, 9.17) is 5.11 Å². The van der Waals surface area contributed by atoms with Gasteiger partial charge in [-0.25, -0.2) is 0 Å². The molecule has 7 heteroatoms. The quantitative estimate of drug-likeness (QED) is 0.593. The third-order valence-corrected chi connectivity index (χ3v) is 3.74. The van der Waals surface area contributed by atoms with Gasteiger partial charge >= 0.3 is 5.97 Å². The lowest BCUT2D eigenvalue weighted by atomic mass is 9.94. The highest BCUT2D eigenvalue weighted by Gasteiger charge is 2.22. The number of nitro benzene ring substituents is 1. The molecule has 0 bridgehead atoms. The van der Waals surface area contributed by atoms with Crippen LogP contribution < -0.4 is 5.32 Å². The molecule has 0 aromatic heterocycles. The van der Waals surface area contributed by atoms with Gasteiger partial charge in [0.25, 0.3) is 5.69 Å².